The summed E-state index contributed by atoms with van der Waals surface area (Å²) in [5.41, 5.74) is 4.56. The van der Waals surface area contributed by atoms with Crippen LogP contribution in [0, 0.1) is 0 Å². The Morgan fingerprint density at radius 1 is 0.935 bits per heavy atom. The number of carbonyl (C=O) groups is 1. The Hall–Kier alpha value is -2.73. The second kappa shape index (κ2) is 11.0. The van der Waals surface area contributed by atoms with Gasteiger partial charge in [0.15, 0.2) is 11.5 Å². The number of nitrogens with one attached hydrogen (secondary N) is 1. The highest BCUT2D eigenvalue weighted by atomic mass is 35.5. The normalized spacial score (nSPS) is 10.8. The number of hydrazone groups is 1. The third-order valence-electron chi connectivity index (χ3n) is 4.13. The molecule has 0 aliphatic heterocycles. The minimum Gasteiger partial charge on any atom is -0.490 e. The van der Waals surface area contributed by atoms with E-state index in [4.69, 9.17) is 44.3 Å². The quantitative estimate of drug-likeness (QED) is 0.302. The van der Waals surface area contributed by atoms with E-state index in [1.54, 1.807) is 48.5 Å². The summed E-state index contributed by atoms with van der Waals surface area (Å²) in [7, 11) is 0. The highest BCUT2D eigenvalue weighted by Crippen LogP contribution is 2.30. The highest BCUT2D eigenvalue weighted by molar-refractivity contribution is 6.42. The third-order valence-corrected chi connectivity index (χ3v) is 5.12. The molecule has 0 aromatic heterocycles. The summed E-state index contributed by atoms with van der Waals surface area (Å²) in [6.07, 6.45) is 1.53. The molecule has 160 valence electrons. The van der Waals surface area contributed by atoms with Crippen molar-refractivity contribution in [2.24, 2.45) is 5.10 Å². The summed E-state index contributed by atoms with van der Waals surface area (Å²) in [6, 6.07) is 17.2. The Kier molecular flexibility index (Phi) is 8.18. The maximum atomic E-state index is 12.1. The minimum absolute atomic E-state index is 0.307. The van der Waals surface area contributed by atoms with Crippen LogP contribution in [0.1, 0.15) is 28.4 Å². The molecule has 0 heterocycles. The zero-order valence-electron chi connectivity index (χ0n) is 16.6. The molecule has 0 aliphatic rings. The summed E-state index contributed by atoms with van der Waals surface area (Å²) in [5.74, 6) is 0.810. The number of nitrogens with zero attached hydrogens (tertiary/aromatic N) is 1. The molecule has 8 heteroatoms. The van der Waals surface area contributed by atoms with Gasteiger partial charge in [-0.1, -0.05) is 40.9 Å². The van der Waals surface area contributed by atoms with Crippen LogP contribution < -0.4 is 14.9 Å². The first-order valence-electron chi connectivity index (χ1n) is 9.39. The number of halogens is 3. The van der Waals surface area contributed by atoms with Gasteiger partial charge in [-0.2, -0.15) is 5.10 Å². The highest BCUT2D eigenvalue weighted by Gasteiger charge is 2.08. The SMILES string of the molecule is CCOc1cc(/C=N\NC(=O)c2ccc(Cl)cc2)ccc1OCc1ccc(Cl)c(Cl)c1. The van der Waals surface area contributed by atoms with Crippen molar-refractivity contribution in [3.8, 4) is 11.5 Å². The zero-order chi connectivity index (χ0) is 22.2. The van der Waals surface area contributed by atoms with Gasteiger partial charge in [-0.05, 0) is 72.6 Å². The number of hydrogen-bond acceptors (Lipinski definition) is 4. The summed E-state index contributed by atoms with van der Waals surface area (Å²) < 4.78 is 11.6. The number of amides is 1. The molecule has 0 bridgehead atoms. The van der Waals surface area contributed by atoms with E-state index < -0.39 is 0 Å². The van der Waals surface area contributed by atoms with E-state index in [9.17, 15) is 4.79 Å². The third kappa shape index (κ3) is 6.62. The lowest BCUT2D eigenvalue weighted by Gasteiger charge is -2.13. The van der Waals surface area contributed by atoms with Gasteiger partial charge in [-0.3, -0.25) is 4.79 Å². The van der Waals surface area contributed by atoms with Crippen molar-refractivity contribution >= 4 is 46.9 Å². The maximum absolute atomic E-state index is 12.1. The number of hydrogen-bond donors (Lipinski definition) is 1. The van der Waals surface area contributed by atoms with Crippen LogP contribution in [-0.4, -0.2) is 18.7 Å². The largest absolute Gasteiger partial charge is 0.490 e. The Morgan fingerprint density at radius 2 is 1.71 bits per heavy atom. The van der Waals surface area contributed by atoms with Crippen LogP contribution in [-0.2, 0) is 6.61 Å². The molecule has 5 nitrogen and oxygen atoms in total. The van der Waals surface area contributed by atoms with Gasteiger partial charge in [-0.25, -0.2) is 5.43 Å². The topological polar surface area (TPSA) is 59.9 Å². The van der Waals surface area contributed by atoms with E-state index >= 15 is 0 Å². The molecule has 3 aromatic rings. The fourth-order valence-electron chi connectivity index (χ4n) is 2.61. The van der Waals surface area contributed by atoms with Gasteiger partial charge in [0, 0.05) is 10.6 Å². The first kappa shape index (κ1) is 22.9. The van der Waals surface area contributed by atoms with Crippen LogP contribution in [0.5, 0.6) is 11.5 Å². The minimum atomic E-state index is -0.334. The molecule has 31 heavy (non-hydrogen) atoms. The molecule has 0 aliphatic carbocycles. The first-order chi connectivity index (χ1) is 15.0. The lowest BCUT2D eigenvalue weighted by molar-refractivity contribution is 0.0955. The number of ether oxygens (including phenoxy) is 2. The van der Waals surface area contributed by atoms with Crippen molar-refractivity contribution in [1.82, 2.24) is 5.43 Å². The molecule has 1 amide bonds. The van der Waals surface area contributed by atoms with Crippen LogP contribution in [0.25, 0.3) is 0 Å². The lowest BCUT2D eigenvalue weighted by atomic mass is 10.2. The van der Waals surface area contributed by atoms with E-state index in [1.165, 1.54) is 6.21 Å². The van der Waals surface area contributed by atoms with E-state index in [1.807, 2.05) is 19.1 Å². The van der Waals surface area contributed by atoms with E-state index in [2.05, 4.69) is 10.5 Å². The van der Waals surface area contributed by atoms with Crippen molar-refractivity contribution in [2.75, 3.05) is 6.61 Å². The van der Waals surface area contributed by atoms with Gasteiger partial charge in [0.05, 0.1) is 22.9 Å². The van der Waals surface area contributed by atoms with Gasteiger partial charge in [0.25, 0.3) is 5.91 Å². The van der Waals surface area contributed by atoms with Crippen molar-refractivity contribution in [3.05, 3.63) is 92.4 Å². The average Bonchev–Trinajstić information content (AvgIpc) is 2.76. The molecule has 0 saturated carbocycles. The summed E-state index contributed by atoms with van der Waals surface area (Å²) >= 11 is 17.8. The molecule has 0 atom stereocenters. The molecule has 3 aromatic carbocycles. The summed E-state index contributed by atoms with van der Waals surface area (Å²) in [6.45, 7) is 2.66. The molecule has 0 spiro atoms. The molecule has 0 saturated heterocycles. The molecule has 0 radical (unpaired) electrons. The first-order valence-corrected chi connectivity index (χ1v) is 10.5. The maximum Gasteiger partial charge on any atom is 0.271 e. The van der Waals surface area contributed by atoms with Crippen molar-refractivity contribution < 1.29 is 14.3 Å². The van der Waals surface area contributed by atoms with Crippen molar-refractivity contribution in [2.45, 2.75) is 13.5 Å². The second-order valence-electron chi connectivity index (χ2n) is 6.38. The standard InChI is InChI=1S/C23H19Cl3N2O3/c1-2-30-22-12-15(13-27-28-23(29)17-5-7-18(24)8-6-17)4-10-21(22)31-14-16-3-9-19(25)20(26)11-16/h3-13H,2,14H2,1H3,(H,28,29)/b27-13-. The van der Waals surface area contributed by atoms with Gasteiger partial charge in [0.2, 0.25) is 0 Å². The smallest absolute Gasteiger partial charge is 0.271 e. The van der Waals surface area contributed by atoms with Gasteiger partial charge < -0.3 is 9.47 Å². The molecule has 0 fully saturated rings. The van der Waals surface area contributed by atoms with Crippen molar-refractivity contribution in [3.63, 3.8) is 0 Å². The lowest BCUT2D eigenvalue weighted by Crippen LogP contribution is -2.17. The van der Waals surface area contributed by atoms with Crippen LogP contribution >= 0.6 is 34.8 Å². The van der Waals surface area contributed by atoms with E-state index in [-0.39, 0.29) is 5.91 Å². The van der Waals surface area contributed by atoms with E-state index in [0.717, 1.165) is 11.1 Å². The fraction of sp³-hybridized carbons (Fsp3) is 0.130. The van der Waals surface area contributed by atoms with Crippen LogP contribution in [0.4, 0.5) is 0 Å². The average molecular weight is 478 g/mol. The Labute approximate surface area is 195 Å². The Morgan fingerprint density at radius 3 is 2.42 bits per heavy atom. The van der Waals surface area contributed by atoms with Crippen LogP contribution in [0.15, 0.2) is 65.8 Å². The number of rotatable bonds is 8. The number of carbonyl (C=O) groups excluding carboxylic acids is 1. The molecule has 1 N–H and O–H groups in total. The summed E-state index contributed by atoms with van der Waals surface area (Å²) in [5, 5.41) is 5.53. The Bertz CT molecular complexity index is 1090. The van der Waals surface area contributed by atoms with Gasteiger partial charge in [0.1, 0.15) is 6.61 Å². The zero-order valence-corrected chi connectivity index (χ0v) is 18.8. The molecule has 3 rings (SSSR count). The molecule has 0 unspecified atom stereocenters. The molecular weight excluding hydrogens is 459 g/mol. The Balaban J connectivity index is 1.66. The predicted octanol–water partition coefficient (Wildman–Crippen LogP) is 6.39. The van der Waals surface area contributed by atoms with Crippen LogP contribution in [0.2, 0.25) is 15.1 Å². The van der Waals surface area contributed by atoms with E-state index in [0.29, 0.717) is 45.3 Å². The molecular formula is C23H19Cl3N2O3. The van der Waals surface area contributed by atoms with Crippen LogP contribution in [0.3, 0.4) is 0 Å². The fourth-order valence-corrected chi connectivity index (χ4v) is 3.06. The van der Waals surface area contributed by atoms with Crippen molar-refractivity contribution in [1.29, 1.82) is 0 Å². The summed E-state index contributed by atoms with van der Waals surface area (Å²) in [4.78, 5) is 12.1. The van der Waals surface area contributed by atoms with Gasteiger partial charge >= 0.3 is 0 Å². The predicted molar refractivity (Wildman–Crippen MR) is 125 cm³/mol. The monoisotopic (exact) mass is 476 g/mol. The van der Waals surface area contributed by atoms with Gasteiger partial charge in [-0.15, -0.1) is 0 Å². The number of benzene rings is 3. The second-order valence-corrected chi connectivity index (χ2v) is 7.63.